The van der Waals surface area contributed by atoms with Gasteiger partial charge in [-0.25, -0.2) is 0 Å². The molecule has 0 radical (unpaired) electrons. The maximum atomic E-state index is 6.16. The Labute approximate surface area is 123 Å². The lowest BCUT2D eigenvalue weighted by molar-refractivity contribution is 0.344. The Kier molecular flexibility index (Phi) is 5.62. The van der Waals surface area contributed by atoms with Crippen LogP contribution in [0.15, 0.2) is 48.5 Å². The fraction of sp³-hybridized carbons (Fsp3) is 0.250. The first-order chi connectivity index (χ1) is 9.29. The van der Waals surface area contributed by atoms with Crippen LogP contribution in [-0.4, -0.2) is 18.6 Å². The van der Waals surface area contributed by atoms with Crippen LogP contribution in [0.25, 0.3) is 0 Å². The molecule has 0 aliphatic carbocycles. The number of hydrogen-bond acceptors (Lipinski definition) is 2. The molecule has 0 bridgehead atoms. The van der Waals surface area contributed by atoms with Crippen molar-refractivity contribution in [2.24, 2.45) is 0 Å². The number of ether oxygens (including phenoxy) is 1. The molecule has 0 spiro atoms. The van der Waals surface area contributed by atoms with Crippen LogP contribution in [0.2, 0.25) is 5.02 Å². The van der Waals surface area contributed by atoms with Crippen molar-refractivity contribution in [2.45, 2.75) is 6.42 Å². The van der Waals surface area contributed by atoms with E-state index in [0.717, 1.165) is 35.1 Å². The molecule has 0 aliphatic heterocycles. The maximum Gasteiger partial charge on any atom is 0.119 e. The second kappa shape index (κ2) is 7.46. The lowest BCUT2D eigenvalue weighted by Crippen LogP contribution is -1.99. The van der Waals surface area contributed by atoms with Gasteiger partial charge in [0.2, 0.25) is 0 Å². The molecule has 1 nitrogen and oxygen atoms in total. The SMILES string of the molecule is CSCCOc1ccc(Cc2ccccc2Cl)cc1. The number of hydrogen-bond donors (Lipinski definition) is 0. The van der Waals surface area contributed by atoms with Crippen molar-refractivity contribution < 1.29 is 4.74 Å². The highest BCUT2D eigenvalue weighted by molar-refractivity contribution is 7.98. The van der Waals surface area contributed by atoms with Crippen LogP contribution < -0.4 is 4.74 Å². The van der Waals surface area contributed by atoms with Gasteiger partial charge in [0.05, 0.1) is 6.61 Å². The van der Waals surface area contributed by atoms with Crippen molar-refractivity contribution >= 4 is 23.4 Å². The minimum absolute atomic E-state index is 0.755. The van der Waals surface area contributed by atoms with E-state index in [-0.39, 0.29) is 0 Å². The molecule has 2 aromatic rings. The molecular weight excluding hydrogens is 276 g/mol. The molecule has 0 saturated heterocycles. The van der Waals surface area contributed by atoms with Crippen molar-refractivity contribution in [3.8, 4) is 5.75 Å². The average molecular weight is 293 g/mol. The average Bonchev–Trinajstić information content (AvgIpc) is 2.44. The van der Waals surface area contributed by atoms with Gasteiger partial charge in [-0.1, -0.05) is 41.9 Å². The zero-order valence-electron chi connectivity index (χ0n) is 10.9. The van der Waals surface area contributed by atoms with Gasteiger partial charge in [-0.2, -0.15) is 11.8 Å². The maximum absolute atomic E-state index is 6.16. The highest BCUT2D eigenvalue weighted by atomic mass is 35.5. The number of thioether (sulfide) groups is 1. The molecule has 0 fully saturated rings. The van der Waals surface area contributed by atoms with E-state index in [2.05, 4.69) is 24.5 Å². The summed E-state index contributed by atoms with van der Waals surface area (Å²) < 4.78 is 5.63. The van der Waals surface area contributed by atoms with Crippen LogP contribution >= 0.6 is 23.4 Å². The summed E-state index contributed by atoms with van der Waals surface area (Å²) in [6.45, 7) is 0.755. The van der Waals surface area contributed by atoms with Gasteiger partial charge in [0.15, 0.2) is 0 Å². The highest BCUT2D eigenvalue weighted by Gasteiger charge is 2.01. The largest absolute Gasteiger partial charge is 0.493 e. The molecule has 100 valence electrons. The summed E-state index contributed by atoms with van der Waals surface area (Å²) in [7, 11) is 0. The number of rotatable bonds is 6. The Morgan fingerprint density at radius 3 is 2.47 bits per heavy atom. The van der Waals surface area contributed by atoms with E-state index in [1.54, 1.807) is 11.8 Å². The van der Waals surface area contributed by atoms with Crippen molar-refractivity contribution in [1.82, 2.24) is 0 Å². The highest BCUT2D eigenvalue weighted by Crippen LogP contribution is 2.20. The monoisotopic (exact) mass is 292 g/mol. The molecule has 0 amide bonds. The smallest absolute Gasteiger partial charge is 0.119 e. The summed E-state index contributed by atoms with van der Waals surface area (Å²) in [6, 6.07) is 16.2. The third-order valence-electron chi connectivity index (χ3n) is 2.83. The summed E-state index contributed by atoms with van der Waals surface area (Å²) in [5.41, 5.74) is 2.39. The normalized spacial score (nSPS) is 10.4. The van der Waals surface area contributed by atoms with E-state index in [4.69, 9.17) is 16.3 Å². The molecule has 0 heterocycles. The third-order valence-corrected chi connectivity index (χ3v) is 3.78. The zero-order valence-corrected chi connectivity index (χ0v) is 12.5. The van der Waals surface area contributed by atoms with Crippen LogP contribution in [0.5, 0.6) is 5.75 Å². The Bertz CT molecular complexity index is 510. The number of halogens is 1. The minimum Gasteiger partial charge on any atom is -0.493 e. The van der Waals surface area contributed by atoms with Crippen LogP contribution in [0.4, 0.5) is 0 Å². The predicted octanol–water partition coefficient (Wildman–Crippen LogP) is 4.67. The van der Waals surface area contributed by atoms with E-state index in [0.29, 0.717) is 0 Å². The Morgan fingerprint density at radius 1 is 1.05 bits per heavy atom. The summed E-state index contributed by atoms with van der Waals surface area (Å²) in [5, 5.41) is 0.822. The first-order valence-electron chi connectivity index (χ1n) is 6.23. The van der Waals surface area contributed by atoms with E-state index >= 15 is 0 Å². The molecule has 0 aliphatic rings. The molecule has 0 saturated carbocycles. The van der Waals surface area contributed by atoms with E-state index < -0.39 is 0 Å². The Hall–Kier alpha value is -1.12. The summed E-state index contributed by atoms with van der Waals surface area (Å²) in [4.78, 5) is 0. The molecule has 0 aromatic heterocycles. The molecule has 2 rings (SSSR count). The minimum atomic E-state index is 0.755. The van der Waals surface area contributed by atoms with Gasteiger partial charge in [0.1, 0.15) is 5.75 Å². The van der Waals surface area contributed by atoms with Gasteiger partial charge in [0, 0.05) is 10.8 Å². The van der Waals surface area contributed by atoms with Gasteiger partial charge in [-0.05, 0) is 42.0 Å². The van der Waals surface area contributed by atoms with E-state index in [1.165, 1.54) is 5.56 Å². The van der Waals surface area contributed by atoms with Crippen molar-refractivity contribution in [2.75, 3.05) is 18.6 Å². The molecule has 3 heteroatoms. The second-order valence-electron chi connectivity index (χ2n) is 4.25. The topological polar surface area (TPSA) is 9.23 Å². The lowest BCUT2D eigenvalue weighted by Gasteiger charge is -2.07. The predicted molar refractivity (Wildman–Crippen MR) is 84.6 cm³/mol. The van der Waals surface area contributed by atoms with Gasteiger partial charge < -0.3 is 4.74 Å². The fourth-order valence-corrected chi connectivity index (χ4v) is 2.26. The van der Waals surface area contributed by atoms with Crippen molar-refractivity contribution in [1.29, 1.82) is 0 Å². The molecule has 0 unspecified atom stereocenters. The molecule has 2 aromatic carbocycles. The standard InChI is InChI=1S/C16H17ClOS/c1-19-11-10-18-15-8-6-13(7-9-15)12-14-4-2-3-5-16(14)17/h2-9H,10-12H2,1H3. The summed E-state index contributed by atoms with van der Waals surface area (Å²) in [6.07, 6.45) is 2.93. The van der Waals surface area contributed by atoms with Gasteiger partial charge >= 0.3 is 0 Å². The first-order valence-corrected chi connectivity index (χ1v) is 8.01. The third kappa shape index (κ3) is 4.48. The van der Waals surface area contributed by atoms with Crippen LogP contribution in [0.1, 0.15) is 11.1 Å². The van der Waals surface area contributed by atoms with Gasteiger partial charge in [-0.3, -0.25) is 0 Å². The quantitative estimate of drug-likeness (QED) is 0.715. The first kappa shape index (κ1) is 14.3. The van der Waals surface area contributed by atoms with Gasteiger partial charge in [-0.15, -0.1) is 0 Å². The fourth-order valence-electron chi connectivity index (χ4n) is 1.81. The van der Waals surface area contributed by atoms with Crippen LogP contribution in [0, 0.1) is 0 Å². The van der Waals surface area contributed by atoms with E-state index in [1.807, 2.05) is 30.3 Å². The summed E-state index contributed by atoms with van der Waals surface area (Å²) >= 11 is 7.95. The molecule has 0 atom stereocenters. The molecule has 0 N–H and O–H groups in total. The van der Waals surface area contributed by atoms with Gasteiger partial charge in [0.25, 0.3) is 0 Å². The number of benzene rings is 2. The van der Waals surface area contributed by atoms with Crippen molar-refractivity contribution in [3.63, 3.8) is 0 Å². The zero-order chi connectivity index (χ0) is 13.5. The lowest BCUT2D eigenvalue weighted by atomic mass is 10.1. The summed E-state index contributed by atoms with van der Waals surface area (Å²) in [5.74, 6) is 1.94. The second-order valence-corrected chi connectivity index (χ2v) is 5.65. The van der Waals surface area contributed by atoms with Crippen LogP contribution in [-0.2, 0) is 6.42 Å². The van der Waals surface area contributed by atoms with E-state index in [9.17, 15) is 0 Å². The van der Waals surface area contributed by atoms with Crippen molar-refractivity contribution in [3.05, 3.63) is 64.7 Å². The Balaban J connectivity index is 1.97. The molecular formula is C16H17ClOS. The Morgan fingerprint density at radius 2 is 1.79 bits per heavy atom. The van der Waals surface area contributed by atoms with Crippen LogP contribution in [0.3, 0.4) is 0 Å². The molecule has 19 heavy (non-hydrogen) atoms.